The second kappa shape index (κ2) is 7.02. The Morgan fingerprint density at radius 3 is 2.48 bits per heavy atom. The topological polar surface area (TPSA) is 84.2 Å². The first-order valence-corrected chi connectivity index (χ1v) is 7.60. The number of hydrogen-bond acceptors (Lipinski definition) is 3. The Morgan fingerprint density at radius 2 is 1.91 bits per heavy atom. The van der Waals surface area contributed by atoms with Gasteiger partial charge >= 0.3 is 5.97 Å². The van der Waals surface area contributed by atoms with E-state index in [0.29, 0.717) is 15.7 Å². The predicted octanol–water partition coefficient (Wildman–Crippen LogP) is 3.02. The van der Waals surface area contributed by atoms with Gasteiger partial charge in [-0.2, -0.15) is 5.10 Å². The Balaban J connectivity index is 2.19. The van der Waals surface area contributed by atoms with Gasteiger partial charge in [0.1, 0.15) is 6.04 Å². The van der Waals surface area contributed by atoms with Gasteiger partial charge in [-0.1, -0.05) is 37.0 Å². The highest BCUT2D eigenvalue weighted by Crippen LogP contribution is 2.24. The van der Waals surface area contributed by atoms with E-state index in [9.17, 15) is 9.59 Å². The van der Waals surface area contributed by atoms with Gasteiger partial charge in [0.15, 0.2) is 5.69 Å². The molecule has 0 unspecified atom stereocenters. The molecule has 0 saturated carbocycles. The molecule has 2 N–H and O–H groups in total. The second-order valence-corrected chi connectivity index (χ2v) is 6.09. The summed E-state index contributed by atoms with van der Waals surface area (Å²) in [5.74, 6) is -1.88. The van der Waals surface area contributed by atoms with E-state index >= 15 is 0 Å². The number of hydrogen-bond donors (Lipinski definition) is 2. The fourth-order valence-corrected chi connectivity index (χ4v) is 2.24. The Morgan fingerprint density at radius 1 is 1.22 bits per heavy atom. The number of aromatic nitrogens is 2. The zero-order chi connectivity index (χ0) is 17.1. The lowest BCUT2D eigenvalue weighted by molar-refractivity contribution is -0.140. The first-order valence-electron chi connectivity index (χ1n) is 6.84. The zero-order valence-corrected chi connectivity index (χ0v) is 14.0. The van der Waals surface area contributed by atoms with E-state index < -0.39 is 17.9 Å². The standard InChI is InChI=1S/C15H15Cl2N3O3/c1-8(2)13(15(22)23)18-14(21)12-5-6-20(19-12)9-3-4-10(16)11(17)7-9/h3-8,13H,1-2H3,(H,18,21)(H,22,23)/t13-/m1/s1. The number of amides is 1. The molecule has 1 amide bonds. The van der Waals surface area contributed by atoms with Gasteiger partial charge in [-0.25, -0.2) is 9.48 Å². The van der Waals surface area contributed by atoms with Crippen LogP contribution in [0.4, 0.5) is 0 Å². The molecular weight excluding hydrogens is 341 g/mol. The van der Waals surface area contributed by atoms with E-state index in [1.165, 1.54) is 10.7 Å². The molecule has 1 atom stereocenters. The highest BCUT2D eigenvalue weighted by molar-refractivity contribution is 6.42. The minimum Gasteiger partial charge on any atom is -0.480 e. The van der Waals surface area contributed by atoms with E-state index in [-0.39, 0.29) is 11.6 Å². The van der Waals surface area contributed by atoms with Crippen LogP contribution in [0, 0.1) is 5.92 Å². The summed E-state index contributed by atoms with van der Waals surface area (Å²) < 4.78 is 1.46. The van der Waals surface area contributed by atoms with Crippen LogP contribution in [-0.2, 0) is 4.79 Å². The largest absolute Gasteiger partial charge is 0.480 e. The number of rotatable bonds is 5. The molecule has 2 aromatic rings. The van der Waals surface area contributed by atoms with Gasteiger partial charge in [-0.05, 0) is 30.2 Å². The van der Waals surface area contributed by atoms with Crippen LogP contribution in [0.15, 0.2) is 30.5 Å². The lowest BCUT2D eigenvalue weighted by Crippen LogP contribution is -2.44. The number of nitrogens with one attached hydrogen (secondary N) is 1. The number of carbonyl (C=O) groups excluding carboxylic acids is 1. The number of halogens is 2. The summed E-state index contributed by atoms with van der Waals surface area (Å²) in [4.78, 5) is 23.3. The minimum absolute atomic E-state index is 0.114. The van der Waals surface area contributed by atoms with Gasteiger partial charge in [0, 0.05) is 6.20 Å². The molecule has 0 spiro atoms. The molecular formula is C15H15Cl2N3O3. The van der Waals surface area contributed by atoms with Gasteiger partial charge in [0.05, 0.1) is 15.7 Å². The van der Waals surface area contributed by atoms with E-state index in [1.807, 2.05) is 0 Å². The fourth-order valence-electron chi connectivity index (χ4n) is 1.95. The van der Waals surface area contributed by atoms with Crippen molar-refractivity contribution < 1.29 is 14.7 Å². The molecule has 2 rings (SSSR count). The number of carboxylic acids is 1. The minimum atomic E-state index is -1.09. The number of benzene rings is 1. The smallest absolute Gasteiger partial charge is 0.326 e. The van der Waals surface area contributed by atoms with Crippen LogP contribution in [0.3, 0.4) is 0 Å². The lowest BCUT2D eigenvalue weighted by atomic mass is 10.0. The Kier molecular flexibility index (Phi) is 5.28. The molecule has 122 valence electrons. The van der Waals surface area contributed by atoms with Crippen molar-refractivity contribution >= 4 is 35.1 Å². The van der Waals surface area contributed by atoms with Gasteiger partial charge in [-0.15, -0.1) is 0 Å². The van der Waals surface area contributed by atoms with E-state index in [1.54, 1.807) is 38.2 Å². The molecule has 1 heterocycles. The normalized spacial score (nSPS) is 12.2. The zero-order valence-electron chi connectivity index (χ0n) is 12.5. The summed E-state index contributed by atoms with van der Waals surface area (Å²) in [5.41, 5.74) is 0.750. The van der Waals surface area contributed by atoms with Crippen molar-refractivity contribution in [3.8, 4) is 5.69 Å². The maximum atomic E-state index is 12.1. The van der Waals surface area contributed by atoms with Crippen molar-refractivity contribution in [2.24, 2.45) is 5.92 Å². The SMILES string of the molecule is CC(C)[C@@H](NC(=O)c1ccn(-c2ccc(Cl)c(Cl)c2)n1)C(=O)O. The summed E-state index contributed by atoms with van der Waals surface area (Å²) in [5, 5.41) is 16.5. The average molecular weight is 356 g/mol. The molecule has 0 aliphatic rings. The van der Waals surface area contributed by atoms with Crippen molar-refractivity contribution in [2.75, 3.05) is 0 Å². The molecule has 0 fully saturated rings. The Hall–Kier alpha value is -2.05. The predicted molar refractivity (Wildman–Crippen MR) is 87.3 cm³/mol. The molecule has 8 heteroatoms. The fraction of sp³-hybridized carbons (Fsp3) is 0.267. The van der Waals surface area contributed by atoms with Crippen LogP contribution >= 0.6 is 23.2 Å². The van der Waals surface area contributed by atoms with Gasteiger partial charge in [-0.3, -0.25) is 4.79 Å². The number of nitrogens with zero attached hydrogens (tertiary/aromatic N) is 2. The molecule has 0 saturated heterocycles. The van der Waals surface area contributed by atoms with Crippen molar-refractivity contribution in [3.63, 3.8) is 0 Å². The van der Waals surface area contributed by atoms with Crippen LogP contribution in [0.25, 0.3) is 5.69 Å². The molecule has 6 nitrogen and oxygen atoms in total. The molecule has 0 aliphatic carbocycles. The molecule has 23 heavy (non-hydrogen) atoms. The van der Waals surface area contributed by atoms with Crippen LogP contribution < -0.4 is 5.32 Å². The van der Waals surface area contributed by atoms with E-state index in [4.69, 9.17) is 28.3 Å². The van der Waals surface area contributed by atoms with E-state index in [0.717, 1.165) is 0 Å². The average Bonchev–Trinajstić information content (AvgIpc) is 2.96. The summed E-state index contributed by atoms with van der Waals surface area (Å²) in [6.07, 6.45) is 1.58. The van der Waals surface area contributed by atoms with Gasteiger partial charge < -0.3 is 10.4 Å². The first-order chi connectivity index (χ1) is 10.8. The third kappa shape index (κ3) is 4.03. The van der Waals surface area contributed by atoms with Crippen molar-refractivity contribution in [1.29, 1.82) is 0 Å². The molecule has 0 bridgehead atoms. The summed E-state index contributed by atoms with van der Waals surface area (Å²) in [6.45, 7) is 3.43. The highest BCUT2D eigenvalue weighted by Gasteiger charge is 2.24. The number of carboxylic acid groups (broad SMARTS) is 1. The van der Waals surface area contributed by atoms with Crippen LogP contribution in [0.5, 0.6) is 0 Å². The third-order valence-electron chi connectivity index (χ3n) is 3.21. The van der Waals surface area contributed by atoms with Crippen LogP contribution in [-0.4, -0.2) is 32.8 Å². The quantitative estimate of drug-likeness (QED) is 0.863. The maximum absolute atomic E-state index is 12.1. The van der Waals surface area contributed by atoms with Crippen LogP contribution in [0.2, 0.25) is 10.0 Å². The Labute approximate surface area is 143 Å². The first kappa shape index (κ1) is 17.3. The van der Waals surface area contributed by atoms with Crippen molar-refractivity contribution in [3.05, 3.63) is 46.2 Å². The summed E-state index contributed by atoms with van der Waals surface area (Å²) in [7, 11) is 0. The molecule has 0 aliphatic heterocycles. The van der Waals surface area contributed by atoms with Crippen molar-refractivity contribution in [1.82, 2.24) is 15.1 Å². The van der Waals surface area contributed by atoms with Gasteiger partial charge in [0.25, 0.3) is 5.91 Å². The van der Waals surface area contributed by atoms with Crippen molar-refractivity contribution in [2.45, 2.75) is 19.9 Å². The van der Waals surface area contributed by atoms with Gasteiger partial charge in [0.2, 0.25) is 0 Å². The summed E-state index contributed by atoms with van der Waals surface area (Å²) >= 11 is 11.8. The van der Waals surface area contributed by atoms with Crippen LogP contribution in [0.1, 0.15) is 24.3 Å². The summed E-state index contributed by atoms with van der Waals surface area (Å²) in [6, 6.07) is 5.47. The van der Waals surface area contributed by atoms with E-state index in [2.05, 4.69) is 10.4 Å². The lowest BCUT2D eigenvalue weighted by Gasteiger charge is -2.16. The molecule has 1 aromatic carbocycles. The Bertz CT molecular complexity index is 743. The molecule has 1 aromatic heterocycles. The maximum Gasteiger partial charge on any atom is 0.326 e. The highest BCUT2D eigenvalue weighted by atomic mass is 35.5. The molecule has 0 radical (unpaired) electrons. The monoisotopic (exact) mass is 355 g/mol. The number of aliphatic carboxylic acids is 1. The second-order valence-electron chi connectivity index (χ2n) is 5.28. The third-order valence-corrected chi connectivity index (χ3v) is 3.95. The number of carbonyl (C=O) groups is 2.